The Morgan fingerprint density at radius 2 is 1.81 bits per heavy atom. The van der Waals surface area contributed by atoms with E-state index in [9.17, 15) is 9.90 Å². The predicted octanol–water partition coefficient (Wildman–Crippen LogP) is 8.81. The van der Waals surface area contributed by atoms with Crippen LogP contribution in [0.1, 0.15) is 125 Å². The highest BCUT2D eigenvalue weighted by molar-refractivity contribution is 5.70. The number of morpholine rings is 1. The van der Waals surface area contributed by atoms with Crippen molar-refractivity contribution < 1.29 is 14.6 Å². The van der Waals surface area contributed by atoms with Gasteiger partial charge in [0.2, 0.25) is 0 Å². The first-order valence-electron chi connectivity index (χ1n) is 20.1. The molecule has 0 aromatic carbocycles. The SMILES string of the molecule is C=C(C)[C@@H]1CC[C@]2(NCCN3C[C@@H]4C[C@@H]3CO4)CC[C@]3(C)[C@H](CC[C@@H]4[C@@]5(C)CC=C(C6=CC[C@@H](C(=O)O)CC6)C(C)(C)[C@@H]5CC[C@]43C)[C@@H]12. The average Bonchev–Trinajstić information content (AvgIpc) is 3.76. The van der Waals surface area contributed by atoms with Crippen LogP contribution < -0.4 is 5.32 Å². The van der Waals surface area contributed by atoms with Gasteiger partial charge in [-0.15, -0.1) is 0 Å². The topological polar surface area (TPSA) is 61.8 Å². The summed E-state index contributed by atoms with van der Waals surface area (Å²) in [7, 11) is 0. The maximum absolute atomic E-state index is 11.7. The van der Waals surface area contributed by atoms with Gasteiger partial charge in [0.1, 0.15) is 0 Å². The van der Waals surface area contributed by atoms with E-state index in [2.05, 4.69) is 70.5 Å². The summed E-state index contributed by atoms with van der Waals surface area (Å²) in [6, 6.07) is 0.651. The number of ether oxygens (including phenoxy) is 1. The summed E-state index contributed by atoms with van der Waals surface area (Å²) < 4.78 is 5.91. The fraction of sp³-hybridized carbons (Fsp3) is 0.837. The third-order valence-corrected chi connectivity index (χ3v) is 17.6. The van der Waals surface area contributed by atoms with Gasteiger partial charge in [-0.1, -0.05) is 58.9 Å². The van der Waals surface area contributed by atoms with Crippen LogP contribution in [0.3, 0.4) is 0 Å². The lowest BCUT2D eigenvalue weighted by molar-refractivity contribution is -0.221. The number of nitrogens with one attached hydrogen (secondary N) is 1. The summed E-state index contributed by atoms with van der Waals surface area (Å²) in [5, 5.41) is 14.0. The van der Waals surface area contributed by atoms with Crippen molar-refractivity contribution in [2.24, 2.45) is 57.2 Å². The second-order valence-corrected chi connectivity index (χ2v) is 19.7. The predicted molar refractivity (Wildman–Crippen MR) is 194 cm³/mol. The van der Waals surface area contributed by atoms with E-state index in [1.54, 1.807) is 5.57 Å². The first-order chi connectivity index (χ1) is 22.7. The van der Waals surface area contributed by atoms with E-state index in [-0.39, 0.29) is 16.9 Å². The zero-order valence-electron chi connectivity index (χ0n) is 31.2. The summed E-state index contributed by atoms with van der Waals surface area (Å²) in [6.07, 6.45) is 21.0. The molecule has 8 aliphatic rings. The molecule has 0 spiro atoms. The van der Waals surface area contributed by atoms with Crippen LogP contribution in [0, 0.1) is 57.2 Å². The van der Waals surface area contributed by atoms with Gasteiger partial charge in [-0.2, -0.15) is 0 Å². The monoisotopic (exact) mass is 659 g/mol. The fourth-order valence-corrected chi connectivity index (χ4v) is 15.1. The van der Waals surface area contributed by atoms with Gasteiger partial charge in [-0.25, -0.2) is 0 Å². The largest absolute Gasteiger partial charge is 0.481 e. The second kappa shape index (κ2) is 11.5. The fourth-order valence-electron chi connectivity index (χ4n) is 15.1. The summed E-state index contributed by atoms with van der Waals surface area (Å²) in [5.41, 5.74) is 5.85. The number of rotatable bonds is 7. The molecule has 4 saturated carbocycles. The van der Waals surface area contributed by atoms with Crippen molar-refractivity contribution >= 4 is 5.97 Å². The quantitative estimate of drug-likeness (QED) is 0.268. The minimum absolute atomic E-state index is 0.122. The summed E-state index contributed by atoms with van der Waals surface area (Å²) in [5.74, 6) is 2.70. The van der Waals surface area contributed by atoms with Crippen molar-refractivity contribution in [2.45, 2.75) is 143 Å². The Hall–Kier alpha value is -1.43. The van der Waals surface area contributed by atoms with E-state index in [0.717, 1.165) is 44.4 Å². The highest BCUT2D eigenvalue weighted by Gasteiger charge is 2.70. The molecule has 12 atom stereocenters. The van der Waals surface area contributed by atoms with Gasteiger partial charge in [0.05, 0.1) is 18.6 Å². The molecule has 0 unspecified atom stereocenters. The van der Waals surface area contributed by atoms with Gasteiger partial charge in [0.15, 0.2) is 0 Å². The first kappa shape index (κ1) is 33.7. The molecule has 6 aliphatic carbocycles. The number of allylic oxidation sites excluding steroid dienone is 5. The van der Waals surface area contributed by atoms with Gasteiger partial charge >= 0.3 is 5.97 Å². The lowest BCUT2D eigenvalue weighted by atomic mass is 9.33. The summed E-state index contributed by atoms with van der Waals surface area (Å²) in [6.45, 7) is 24.6. The van der Waals surface area contributed by atoms with Gasteiger partial charge in [0, 0.05) is 31.2 Å². The zero-order valence-corrected chi connectivity index (χ0v) is 31.2. The van der Waals surface area contributed by atoms with E-state index in [0.29, 0.717) is 52.6 Å². The van der Waals surface area contributed by atoms with Crippen LogP contribution in [0.15, 0.2) is 35.5 Å². The molecule has 48 heavy (non-hydrogen) atoms. The van der Waals surface area contributed by atoms with E-state index in [1.807, 2.05) is 0 Å². The van der Waals surface area contributed by atoms with Crippen LogP contribution in [0.4, 0.5) is 0 Å². The molecule has 2 aliphatic heterocycles. The minimum Gasteiger partial charge on any atom is -0.481 e. The third-order valence-electron chi connectivity index (χ3n) is 17.6. The average molecular weight is 659 g/mol. The molecule has 5 nitrogen and oxygen atoms in total. The lowest BCUT2D eigenvalue weighted by Gasteiger charge is -2.72. The molecule has 0 radical (unpaired) electrons. The van der Waals surface area contributed by atoms with Crippen molar-refractivity contribution in [2.75, 3.05) is 26.2 Å². The third kappa shape index (κ3) is 4.74. The van der Waals surface area contributed by atoms with Crippen molar-refractivity contribution in [3.8, 4) is 0 Å². The van der Waals surface area contributed by atoms with Crippen LogP contribution >= 0.6 is 0 Å². The highest BCUT2D eigenvalue weighted by atomic mass is 16.5. The Bertz CT molecular complexity index is 1400. The maximum Gasteiger partial charge on any atom is 0.306 e. The minimum atomic E-state index is -0.627. The molecule has 2 saturated heterocycles. The van der Waals surface area contributed by atoms with E-state index >= 15 is 0 Å². The summed E-state index contributed by atoms with van der Waals surface area (Å²) in [4.78, 5) is 14.4. The number of hydrogen-bond donors (Lipinski definition) is 2. The van der Waals surface area contributed by atoms with Gasteiger partial charge in [0.25, 0.3) is 0 Å². The van der Waals surface area contributed by atoms with E-state index in [4.69, 9.17) is 4.74 Å². The Morgan fingerprint density at radius 1 is 1.00 bits per heavy atom. The van der Waals surface area contributed by atoms with Crippen molar-refractivity contribution in [3.05, 3.63) is 35.5 Å². The second-order valence-electron chi connectivity index (χ2n) is 19.7. The molecule has 266 valence electrons. The van der Waals surface area contributed by atoms with Crippen molar-refractivity contribution in [1.82, 2.24) is 10.2 Å². The van der Waals surface area contributed by atoms with Gasteiger partial charge in [-0.05, 0) is 153 Å². The Morgan fingerprint density at radius 3 is 2.48 bits per heavy atom. The normalized spacial score (nSPS) is 49.3. The number of carboxylic acid groups (broad SMARTS) is 1. The molecule has 2 N–H and O–H groups in total. The zero-order chi connectivity index (χ0) is 33.9. The Labute approximate surface area is 291 Å². The number of hydrogen-bond acceptors (Lipinski definition) is 4. The van der Waals surface area contributed by atoms with Gasteiger partial charge < -0.3 is 15.2 Å². The number of fused-ring (bicyclic) bond motifs is 9. The molecule has 5 heteroatoms. The van der Waals surface area contributed by atoms with E-state index < -0.39 is 5.97 Å². The molecule has 0 aromatic rings. The Kier molecular flexibility index (Phi) is 8.10. The molecule has 2 bridgehead atoms. The molecule has 8 rings (SSSR count). The number of carbonyl (C=O) groups is 1. The van der Waals surface area contributed by atoms with Crippen LogP contribution in [-0.2, 0) is 9.53 Å². The molecule has 0 aromatic heterocycles. The molecular formula is C43H66N2O3. The molecule has 0 amide bonds. The standard InChI is InChI=1S/C43H66N2O3/c1-27(2)32-14-19-43(44-22-23-45-25-31-24-30(45)26-48-31)21-20-41(6)34(37(32)43)12-13-36-40(5)17-15-33(28-8-10-29(11-9-28)38(46)47)39(3,4)35(40)16-18-42(36,41)7/h8,15,29-32,34-37,44H,1,9-14,16-26H2,2-7H3,(H,46,47)/t29-,30-,31+,32+,34-,35+,36-,37-,40+,41-,42-,43+/m1/s1. The van der Waals surface area contributed by atoms with Crippen molar-refractivity contribution in [3.63, 3.8) is 0 Å². The molecule has 6 fully saturated rings. The number of nitrogens with zero attached hydrogens (tertiary/aromatic N) is 1. The number of aliphatic carboxylic acids is 1. The highest BCUT2D eigenvalue weighted by Crippen LogP contribution is 2.76. The molecular weight excluding hydrogens is 592 g/mol. The lowest BCUT2D eigenvalue weighted by Crippen LogP contribution is -2.68. The number of likely N-dealkylation sites (tertiary alicyclic amines) is 1. The Balaban J connectivity index is 1.05. The summed E-state index contributed by atoms with van der Waals surface area (Å²) >= 11 is 0. The van der Waals surface area contributed by atoms with Crippen LogP contribution in [0.2, 0.25) is 0 Å². The van der Waals surface area contributed by atoms with Crippen molar-refractivity contribution in [1.29, 1.82) is 0 Å². The van der Waals surface area contributed by atoms with Gasteiger partial charge in [-0.3, -0.25) is 9.69 Å². The van der Waals surface area contributed by atoms with E-state index in [1.165, 1.54) is 81.9 Å². The number of carboxylic acids is 1. The smallest absolute Gasteiger partial charge is 0.306 e. The molecule has 2 heterocycles. The maximum atomic E-state index is 11.7. The first-order valence-corrected chi connectivity index (χ1v) is 20.1. The van der Waals surface area contributed by atoms with Crippen LogP contribution in [0.5, 0.6) is 0 Å². The van der Waals surface area contributed by atoms with Crippen LogP contribution in [0.25, 0.3) is 0 Å². The van der Waals surface area contributed by atoms with Crippen LogP contribution in [-0.4, -0.2) is 59.9 Å².